The molecule has 0 heterocycles. The fourth-order valence-electron chi connectivity index (χ4n) is 2.82. The Hall–Kier alpha value is -0.830. The smallest absolute Gasteiger partial charge is 0.244 e. The first-order valence-electron chi connectivity index (χ1n) is 4.77. The molecule has 13 heavy (non-hydrogen) atoms. The molecule has 2 fully saturated rings. The monoisotopic (exact) mass is 180 g/mol. The molecule has 0 radical (unpaired) electrons. The predicted octanol–water partition coefficient (Wildman–Crippen LogP) is 0.545. The summed E-state index contributed by atoms with van der Waals surface area (Å²) >= 11 is 0. The molecule has 4 N–H and O–H groups in total. The molecule has 0 aromatic heterocycles. The summed E-state index contributed by atoms with van der Waals surface area (Å²) in [7, 11) is 0. The van der Waals surface area contributed by atoms with Crippen LogP contribution >= 0.6 is 0 Å². The summed E-state index contributed by atoms with van der Waals surface area (Å²) in [5.41, 5.74) is 12.0. The van der Waals surface area contributed by atoms with Crippen LogP contribution < -0.4 is 11.5 Å². The second-order valence-corrected chi connectivity index (χ2v) is 4.66. The number of carbonyl (C=O) groups excluding carboxylic acids is 1. The van der Waals surface area contributed by atoms with Crippen LogP contribution in [-0.2, 0) is 4.79 Å². The minimum Gasteiger partial charge on any atom is -0.366 e. The van der Waals surface area contributed by atoms with Crippen molar-refractivity contribution in [3.63, 3.8) is 0 Å². The van der Waals surface area contributed by atoms with Gasteiger partial charge in [-0.25, -0.2) is 0 Å². The number of amides is 1. The van der Waals surface area contributed by atoms with Crippen molar-refractivity contribution in [1.29, 1.82) is 0 Å². The van der Waals surface area contributed by atoms with Crippen LogP contribution in [0, 0.1) is 11.3 Å². The molecule has 1 spiro atoms. The molecule has 0 aromatic carbocycles. The average Bonchev–Trinajstić information content (AvgIpc) is 1.92. The van der Waals surface area contributed by atoms with Crippen LogP contribution in [0.15, 0.2) is 12.2 Å². The lowest BCUT2D eigenvalue weighted by Crippen LogP contribution is -2.54. The highest BCUT2D eigenvalue weighted by molar-refractivity contribution is 5.91. The van der Waals surface area contributed by atoms with Crippen LogP contribution in [0.5, 0.6) is 0 Å². The first-order valence-corrected chi connectivity index (χ1v) is 4.77. The Kier molecular flexibility index (Phi) is 1.74. The molecule has 2 aliphatic carbocycles. The van der Waals surface area contributed by atoms with Gasteiger partial charge in [-0.05, 0) is 37.0 Å². The summed E-state index contributed by atoms with van der Waals surface area (Å²) in [6.07, 6.45) is 4.38. The van der Waals surface area contributed by atoms with E-state index in [0.29, 0.717) is 22.9 Å². The fourth-order valence-corrected chi connectivity index (χ4v) is 2.82. The quantitative estimate of drug-likeness (QED) is 0.609. The lowest BCUT2D eigenvalue weighted by molar-refractivity contribution is -0.116. The van der Waals surface area contributed by atoms with Crippen LogP contribution in [0.4, 0.5) is 0 Å². The number of rotatable bonds is 2. The maximum Gasteiger partial charge on any atom is 0.244 e. The van der Waals surface area contributed by atoms with Crippen LogP contribution in [-0.4, -0.2) is 11.9 Å². The molecule has 72 valence electrons. The van der Waals surface area contributed by atoms with Crippen molar-refractivity contribution in [3.05, 3.63) is 12.2 Å². The Morgan fingerprint density at radius 3 is 2.23 bits per heavy atom. The van der Waals surface area contributed by atoms with Gasteiger partial charge in [0.15, 0.2) is 0 Å². The maximum absolute atomic E-state index is 10.8. The van der Waals surface area contributed by atoms with E-state index in [-0.39, 0.29) is 5.91 Å². The molecule has 0 saturated heterocycles. The first-order chi connectivity index (χ1) is 6.02. The normalized spacial score (nSPS) is 42.2. The second kappa shape index (κ2) is 2.58. The summed E-state index contributed by atoms with van der Waals surface area (Å²) in [6.45, 7) is 3.71. The van der Waals surface area contributed by atoms with Crippen LogP contribution in [0.25, 0.3) is 0 Å². The molecule has 2 rings (SSSR count). The highest BCUT2D eigenvalue weighted by Crippen LogP contribution is 2.59. The SMILES string of the molecule is C=C(C(N)=O)C1CC2(CC(N)C2)C1. The third kappa shape index (κ3) is 1.27. The number of nitrogens with two attached hydrogens (primary N) is 2. The Bertz CT molecular complexity index is 258. The van der Waals surface area contributed by atoms with Gasteiger partial charge in [-0.3, -0.25) is 4.79 Å². The molecule has 0 aliphatic heterocycles. The lowest BCUT2D eigenvalue weighted by Gasteiger charge is -2.57. The van der Waals surface area contributed by atoms with Crippen molar-refractivity contribution in [3.8, 4) is 0 Å². The molecule has 1 amide bonds. The van der Waals surface area contributed by atoms with Gasteiger partial charge in [0, 0.05) is 11.6 Å². The topological polar surface area (TPSA) is 69.1 Å². The summed E-state index contributed by atoms with van der Waals surface area (Å²) in [4.78, 5) is 10.8. The van der Waals surface area contributed by atoms with Crippen LogP contribution in [0.3, 0.4) is 0 Å². The van der Waals surface area contributed by atoms with Gasteiger partial charge in [-0.2, -0.15) is 0 Å². The largest absolute Gasteiger partial charge is 0.366 e. The molecule has 2 aliphatic rings. The zero-order valence-electron chi connectivity index (χ0n) is 7.75. The van der Waals surface area contributed by atoms with Gasteiger partial charge in [0.1, 0.15) is 0 Å². The van der Waals surface area contributed by atoms with E-state index in [0.717, 1.165) is 25.7 Å². The molecule has 0 bridgehead atoms. The summed E-state index contributed by atoms with van der Waals surface area (Å²) in [6, 6.07) is 0.391. The van der Waals surface area contributed by atoms with Gasteiger partial charge in [0.2, 0.25) is 5.91 Å². The Labute approximate surface area is 78.2 Å². The van der Waals surface area contributed by atoms with Crippen molar-refractivity contribution in [2.45, 2.75) is 31.7 Å². The molecule has 3 nitrogen and oxygen atoms in total. The number of carbonyl (C=O) groups is 1. The Balaban J connectivity index is 1.85. The second-order valence-electron chi connectivity index (χ2n) is 4.66. The van der Waals surface area contributed by atoms with Crippen molar-refractivity contribution in [2.75, 3.05) is 0 Å². The van der Waals surface area contributed by atoms with Crippen molar-refractivity contribution < 1.29 is 4.79 Å². The van der Waals surface area contributed by atoms with E-state index in [1.807, 2.05) is 0 Å². The van der Waals surface area contributed by atoms with Crippen molar-refractivity contribution in [2.24, 2.45) is 22.8 Å². The van der Waals surface area contributed by atoms with Gasteiger partial charge >= 0.3 is 0 Å². The maximum atomic E-state index is 10.8. The minimum atomic E-state index is -0.344. The standard InChI is InChI=1S/C10H16N2O/c1-6(9(12)13)7-2-10(3-7)4-8(11)5-10/h7-8H,1-5,11H2,(H2,12,13). The summed E-state index contributed by atoms with van der Waals surface area (Å²) < 4.78 is 0. The van der Waals surface area contributed by atoms with E-state index < -0.39 is 0 Å². The van der Waals surface area contributed by atoms with E-state index in [1.165, 1.54) is 0 Å². The Morgan fingerprint density at radius 2 is 1.85 bits per heavy atom. The van der Waals surface area contributed by atoms with E-state index in [1.54, 1.807) is 0 Å². The van der Waals surface area contributed by atoms with Gasteiger partial charge in [0.25, 0.3) is 0 Å². The van der Waals surface area contributed by atoms with Gasteiger partial charge in [-0.1, -0.05) is 6.58 Å². The van der Waals surface area contributed by atoms with E-state index in [4.69, 9.17) is 11.5 Å². The number of hydrogen-bond donors (Lipinski definition) is 2. The van der Waals surface area contributed by atoms with E-state index >= 15 is 0 Å². The zero-order chi connectivity index (χ0) is 9.64. The van der Waals surface area contributed by atoms with Crippen LogP contribution in [0.2, 0.25) is 0 Å². The Morgan fingerprint density at radius 1 is 1.31 bits per heavy atom. The summed E-state index contributed by atoms with van der Waals surface area (Å²) in [5.74, 6) is -0.00604. The van der Waals surface area contributed by atoms with E-state index in [9.17, 15) is 4.79 Å². The van der Waals surface area contributed by atoms with Crippen molar-refractivity contribution in [1.82, 2.24) is 0 Å². The molecule has 0 unspecified atom stereocenters. The van der Waals surface area contributed by atoms with Crippen LogP contribution in [0.1, 0.15) is 25.7 Å². The molecular weight excluding hydrogens is 164 g/mol. The van der Waals surface area contributed by atoms with Gasteiger partial charge in [0.05, 0.1) is 0 Å². The predicted molar refractivity (Wildman–Crippen MR) is 50.7 cm³/mol. The number of primary amides is 1. The van der Waals surface area contributed by atoms with E-state index in [2.05, 4.69) is 6.58 Å². The molecule has 0 aromatic rings. The van der Waals surface area contributed by atoms with Gasteiger partial charge in [-0.15, -0.1) is 0 Å². The van der Waals surface area contributed by atoms with Crippen molar-refractivity contribution >= 4 is 5.91 Å². The number of hydrogen-bond acceptors (Lipinski definition) is 2. The molecular formula is C10H16N2O. The zero-order valence-corrected chi connectivity index (χ0v) is 7.75. The highest BCUT2D eigenvalue weighted by Gasteiger charge is 2.52. The fraction of sp³-hybridized carbons (Fsp3) is 0.700. The molecule has 2 saturated carbocycles. The average molecular weight is 180 g/mol. The third-order valence-corrected chi connectivity index (χ3v) is 3.56. The molecule has 3 heteroatoms. The minimum absolute atomic E-state index is 0.338. The third-order valence-electron chi connectivity index (χ3n) is 3.56. The highest BCUT2D eigenvalue weighted by atomic mass is 16.1. The lowest BCUT2D eigenvalue weighted by atomic mass is 9.49. The summed E-state index contributed by atoms with van der Waals surface area (Å²) in [5, 5.41) is 0. The first kappa shape index (κ1) is 8.75. The van der Waals surface area contributed by atoms with Gasteiger partial charge < -0.3 is 11.5 Å². The molecule has 0 atom stereocenters.